The molecule has 0 spiro atoms. The third kappa shape index (κ3) is 3.79. The first-order valence-corrected chi connectivity index (χ1v) is 8.82. The normalized spacial score (nSPS) is 26.7. The summed E-state index contributed by atoms with van der Waals surface area (Å²) in [4.78, 5) is 17.0. The summed E-state index contributed by atoms with van der Waals surface area (Å²) in [6.45, 7) is 4.96. The monoisotopic (exact) mass is 332 g/mol. The highest BCUT2D eigenvalue weighted by Crippen LogP contribution is 2.31. The maximum Gasteiger partial charge on any atom is 0.254 e. The molecule has 0 radical (unpaired) electrons. The Labute approximate surface area is 144 Å². The standard InChI is InChI=1S/C19H28N2O3/c1-14-6-8-15(9-7-14)19(22)21-13-17(23-12-10-20(2)3)18-16(21)5-4-11-24-18/h6-9,16-18H,4-5,10-13H2,1-3H3/t16-,17-,18+/m1/s1. The molecule has 132 valence electrons. The van der Waals surface area contributed by atoms with Crippen LogP contribution in [0.1, 0.15) is 28.8 Å². The number of benzene rings is 1. The molecule has 2 aliphatic heterocycles. The smallest absolute Gasteiger partial charge is 0.254 e. The number of amides is 1. The van der Waals surface area contributed by atoms with E-state index in [1.165, 1.54) is 0 Å². The summed E-state index contributed by atoms with van der Waals surface area (Å²) in [5.41, 5.74) is 1.91. The van der Waals surface area contributed by atoms with Gasteiger partial charge >= 0.3 is 0 Å². The predicted molar refractivity (Wildman–Crippen MR) is 93.3 cm³/mol. The van der Waals surface area contributed by atoms with E-state index in [1.807, 2.05) is 50.2 Å². The Morgan fingerprint density at radius 3 is 2.79 bits per heavy atom. The van der Waals surface area contributed by atoms with E-state index in [4.69, 9.17) is 9.47 Å². The van der Waals surface area contributed by atoms with E-state index in [9.17, 15) is 4.79 Å². The third-order valence-electron chi connectivity index (χ3n) is 4.91. The molecule has 0 saturated carbocycles. The lowest BCUT2D eigenvalue weighted by Crippen LogP contribution is -2.44. The van der Waals surface area contributed by atoms with E-state index >= 15 is 0 Å². The summed E-state index contributed by atoms with van der Waals surface area (Å²) in [6, 6.07) is 7.94. The lowest BCUT2D eigenvalue weighted by Gasteiger charge is -2.32. The van der Waals surface area contributed by atoms with Crippen LogP contribution in [0.4, 0.5) is 0 Å². The summed E-state index contributed by atoms with van der Waals surface area (Å²) in [5.74, 6) is 0.0919. The van der Waals surface area contributed by atoms with Crippen molar-refractivity contribution in [3.63, 3.8) is 0 Å². The second-order valence-electron chi connectivity index (χ2n) is 7.08. The fourth-order valence-corrected chi connectivity index (χ4v) is 3.54. The van der Waals surface area contributed by atoms with Crippen molar-refractivity contribution >= 4 is 5.91 Å². The fraction of sp³-hybridized carbons (Fsp3) is 0.632. The highest BCUT2D eigenvalue weighted by Gasteiger charge is 2.46. The van der Waals surface area contributed by atoms with Crippen molar-refractivity contribution < 1.29 is 14.3 Å². The SMILES string of the molecule is Cc1ccc(C(=O)N2C[C@@H](OCCN(C)C)[C@H]3OCCC[C@H]32)cc1. The lowest BCUT2D eigenvalue weighted by molar-refractivity contribution is -0.0776. The number of likely N-dealkylation sites (tertiary alicyclic amines) is 1. The predicted octanol–water partition coefficient (Wildman–Crippen LogP) is 1.95. The molecule has 2 heterocycles. The Morgan fingerprint density at radius 1 is 1.33 bits per heavy atom. The molecule has 0 aromatic heterocycles. The zero-order valence-corrected chi connectivity index (χ0v) is 14.9. The fourth-order valence-electron chi connectivity index (χ4n) is 3.54. The molecular weight excluding hydrogens is 304 g/mol. The van der Waals surface area contributed by atoms with Gasteiger partial charge < -0.3 is 19.3 Å². The zero-order chi connectivity index (χ0) is 17.1. The van der Waals surface area contributed by atoms with Crippen molar-refractivity contribution in [2.24, 2.45) is 0 Å². The van der Waals surface area contributed by atoms with Gasteiger partial charge in [-0.1, -0.05) is 17.7 Å². The molecule has 0 N–H and O–H groups in total. The first kappa shape index (κ1) is 17.4. The van der Waals surface area contributed by atoms with E-state index in [-0.39, 0.29) is 24.2 Å². The molecule has 3 atom stereocenters. The van der Waals surface area contributed by atoms with Crippen molar-refractivity contribution in [2.75, 3.05) is 40.4 Å². The van der Waals surface area contributed by atoms with Gasteiger partial charge in [-0.15, -0.1) is 0 Å². The molecule has 0 bridgehead atoms. The molecule has 2 aliphatic rings. The second-order valence-corrected chi connectivity index (χ2v) is 7.08. The molecule has 0 aliphatic carbocycles. The van der Waals surface area contributed by atoms with Gasteiger partial charge in [-0.2, -0.15) is 0 Å². The van der Waals surface area contributed by atoms with Gasteiger partial charge in [0.1, 0.15) is 12.2 Å². The van der Waals surface area contributed by atoms with Crippen LogP contribution < -0.4 is 0 Å². The molecule has 0 unspecified atom stereocenters. The minimum absolute atomic E-state index is 0.00955. The van der Waals surface area contributed by atoms with E-state index in [1.54, 1.807) is 0 Å². The Balaban J connectivity index is 1.70. The number of hydrogen-bond acceptors (Lipinski definition) is 4. The van der Waals surface area contributed by atoms with Crippen molar-refractivity contribution in [3.05, 3.63) is 35.4 Å². The number of hydrogen-bond donors (Lipinski definition) is 0. The largest absolute Gasteiger partial charge is 0.373 e. The van der Waals surface area contributed by atoms with Crippen LogP contribution in [-0.4, -0.2) is 74.4 Å². The van der Waals surface area contributed by atoms with Crippen molar-refractivity contribution in [1.82, 2.24) is 9.80 Å². The van der Waals surface area contributed by atoms with Gasteiger partial charge in [-0.3, -0.25) is 4.79 Å². The lowest BCUT2D eigenvalue weighted by atomic mass is 10.0. The summed E-state index contributed by atoms with van der Waals surface area (Å²) in [5, 5.41) is 0. The highest BCUT2D eigenvalue weighted by atomic mass is 16.5. The zero-order valence-electron chi connectivity index (χ0n) is 14.9. The molecule has 2 saturated heterocycles. The number of fused-ring (bicyclic) bond motifs is 1. The van der Waals surface area contributed by atoms with Crippen LogP contribution in [0.15, 0.2) is 24.3 Å². The Morgan fingerprint density at radius 2 is 2.08 bits per heavy atom. The average molecular weight is 332 g/mol. The molecule has 24 heavy (non-hydrogen) atoms. The van der Waals surface area contributed by atoms with Crippen molar-refractivity contribution in [3.8, 4) is 0 Å². The van der Waals surface area contributed by atoms with Gasteiger partial charge in [-0.25, -0.2) is 0 Å². The van der Waals surface area contributed by atoms with Crippen LogP contribution in [0.2, 0.25) is 0 Å². The maximum absolute atomic E-state index is 12.9. The summed E-state index contributed by atoms with van der Waals surface area (Å²) < 4.78 is 12.0. The van der Waals surface area contributed by atoms with Crippen molar-refractivity contribution in [1.29, 1.82) is 0 Å². The van der Waals surface area contributed by atoms with Crippen LogP contribution >= 0.6 is 0 Å². The van der Waals surface area contributed by atoms with Gasteiger partial charge in [-0.05, 0) is 46.0 Å². The Bertz CT molecular complexity index is 558. The second kappa shape index (κ2) is 7.64. The highest BCUT2D eigenvalue weighted by molar-refractivity contribution is 5.94. The van der Waals surface area contributed by atoms with Crippen LogP contribution in [0, 0.1) is 6.92 Å². The molecule has 1 aromatic carbocycles. The number of nitrogens with zero attached hydrogens (tertiary/aromatic N) is 2. The van der Waals surface area contributed by atoms with Gasteiger partial charge in [0.05, 0.1) is 19.2 Å². The topological polar surface area (TPSA) is 42.0 Å². The maximum atomic E-state index is 12.9. The van der Waals surface area contributed by atoms with E-state index in [0.717, 1.165) is 37.1 Å². The quantitative estimate of drug-likeness (QED) is 0.826. The number of carbonyl (C=O) groups excluding carboxylic acids is 1. The first-order valence-electron chi connectivity index (χ1n) is 8.82. The minimum Gasteiger partial charge on any atom is -0.373 e. The third-order valence-corrected chi connectivity index (χ3v) is 4.91. The van der Waals surface area contributed by atoms with Gasteiger partial charge in [0, 0.05) is 18.7 Å². The molecule has 5 heteroatoms. The first-order chi connectivity index (χ1) is 11.6. The van der Waals surface area contributed by atoms with Gasteiger partial charge in [0.25, 0.3) is 5.91 Å². The number of aryl methyl sites for hydroxylation is 1. The Hall–Kier alpha value is -1.43. The van der Waals surface area contributed by atoms with Crippen LogP contribution in [-0.2, 0) is 9.47 Å². The summed E-state index contributed by atoms with van der Waals surface area (Å²) >= 11 is 0. The molecular formula is C19H28N2O3. The molecule has 3 rings (SSSR count). The number of rotatable bonds is 5. The molecule has 2 fully saturated rings. The number of ether oxygens (including phenoxy) is 2. The van der Waals surface area contributed by atoms with Crippen LogP contribution in [0.25, 0.3) is 0 Å². The molecule has 1 aromatic rings. The van der Waals surface area contributed by atoms with E-state index in [0.29, 0.717) is 13.2 Å². The van der Waals surface area contributed by atoms with Crippen molar-refractivity contribution in [2.45, 2.75) is 38.0 Å². The molecule has 5 nitrogen and oxygen atoms in total. The average Bonchev–Trinajstić information content (AvgIpc) is 2.94. The summed E-state index contributed by atoms with van der Waals surface area (Å²) in [6.07, 6.45) is 1.99. The van der Waals surface area contributed by atoms with Crippen LogP contribution in [0.5, 0.6) is 0 Å². The summed E-state index contributed by atoms with van der Waals surface area (Å²) in [7, 11) is 4.07. The van der Waals surface area contributed by atoms with Gasteiger partial charge in [0.2, 0.25) is 0 Å². The van der Waals surface area contributed by atoms with Crippen LogP contribution in [0.3, 0.4) is 0 Å². The Kier molecular flexibility index (Phi) is 5.54. The molecule has 1 amide bonds. The number of likely N-dealkylation sites (N-methyl/N-ethyl adjacent to an activating group) is 1. The minimum atomic E-state index is -0.0235. The number of carbonyl (C=O) groups is 1. The van der Waals surface area contributed by atoms with E-state index in [2.05, 4.69) is 4.90 Å². The van der Waals surface area contributed by atoms with Gasteiger partial charge in [0.15, 0.2) is 0 Å². The van der Waals surface area contributed by atoms with E-state index < -0.39 is 0 Å².